The highest BCUT2D eigenvalue weighted by atomic mass is 16.5. The predicted octanol–water partition coefficient (Wildman–Crippen LogP) is 1.34. The lowest BCUT2D eigenvalue weighted by Crippen LogP contribution is -2.45. The van der Waals surface area contributed by atoms with Gasteiger partial charge in [0.15, 0.2) is 0 Å². The Morgan fingerprint density at radius 2 is 1.81 bits per heavy atom. The van der Waals surface area contributed by atoms with Crippen LogP contribution in [0, 0.1) is 0 Å². The summed E-state index contributed by atoms with van der Waals surface area (Å²) in [5.41, 5.74) is 0. The van der Waals surface area contributed by atoms with Crippen LogP contribution in [0.15, 0.2) is 0 Å². The second kappa shape index (κ2) is 8.67. The van der Waals surface area contributed by atoms with Gasteiger partial charge >= 0.3 is 0 Å². The molecule has 0 radical (unpaired) electrons. The summed E-state index contributed by atoms with van der Waals surface area (Å²) >= 11 is 0. The van der Waals surface area contributed by atoms with Gasteiger partial charge in [-0.2, -0.15) is 0 Å². The molecule has 4 heteroatoms. The number of ketones is 1. The van der Waals surface area contributed by atoms with Crippen molar-refractivity contribution in [1.29, 1.82) is 0 Å². The molecule has 0 aromatic carbocycles. The molecule has 4 nitrogen and oxygen atoms in total. The molecule has 0 bridgehead atoms. The Morgan fingerprint density at radius 1 is 1.19 bits per heavy atom. The Morgan fingerprint density at radius 3 is 2.25 bits per heavy atom. The summed E-state index contributed by atoms with van der Waals surface area (Å²) in [6.45, 7) is 7.99. The van der Waals surface area contributed by atoms with Gasteiger partial charge in [0.05, 0.1) is 13.2 Å². The van der Waals surface area contributed by atoms with Crippen LogP contribution >= 0.6 is 0 Å². The minimum absolute atomic E-state index is 0.222. The molecule has 2 atom stereocenters. The molecule has 0 N–H and O–H groups in total. The fourth-order valence-corrected chi connectivity index (χ4v) is 1.94. The highest BCUT2D eigenvalue weighted by Crippen LogP contribution is 2.09. The lowest BCUT2D eigenvalue weighted by Gasteiger charge is -2.33. The maximum absolute atomic E-state index is 11.1. The number of carbonyl (C=O) groups excluding carboxylic acids is 1. The van der Waals surface area contributed by atoms with E-state index in [1.807, 2.05) is 0 Å². The van der Waals surface area contributed by atoms with E-state index in [1.165, 1.54) is 0 Å². The molecule has 0 amide bonds. The second-order valence-corrected chi connectivity index (χ2v) is 4.29. The standard InChI is InChI=1S/C12H25NO3/c1-10(8-12(3)14)13(6-7-15-4)11(2)9-16-5/h10-11H,6-9H2,1-5H3. The molecule has 0 aliphatic carbocycles. The highest BCUT2D eigenvalue weighted by molar-refractivity contribution is 5.76. The first kappa shape index (κ1) is 15.6. The first-order valence-electron chi connectivity index (χ1n) is 5.76. The molecule has 0 rings (SSSR count). The SMILES string of the molecule is COCCN(C(C)COC)C(C)CC(C)=O. The Kier molecular flexibility index (Phi) is 8.43. The maximum atomic E-state index is 11.1. The molecule has 2 unspecified atom stereocenters. The van der Waals surface area contributed by atoms with E-state index in [4.69, 9.17) is 9.47 Å². The third kappa shape index (κ3) is 6.20. The number of hydrogen-bond donors (Lipinski definition) is 0. The summed E-state index contributed by atoms with van der Waals surface area (Å²) in [6, 6.07) is 0.535. The molecule has 0 aliphatic heterocycles. The Bertz CT molecular complexity index is 197. The van der Waals surface area contributed by atoms with Crippen LogP contribution in [-0.2, 0) is 14.3 Å². The molecule has 16 heavy (non-hydrogen) atoms. The predicted molar refractivity (Wildman–Crippen MR) is 64.7 cm³/mol. The van der Waals surface area contributed by atoms with E-state index in [9.17, 15) is 4.79 Å². The van der Waals surface area contributed by atoms with Crippen LogP contribution in [0.2, 0.25) is 0 Å². The van der Waals surface area contributed by atoms with E-state index in [2.05, 4.69) is 18.7 Å². The van der Waals surface area contributed by atoms with E-state index >= 15 is 0 Å². The normalized spacial score (nSPS) is 15.1. The number of ether oxygens (including phenoxy) is 2. The molecule has 0 heterocycles. The van der Waals surface area contributed by atoms with Crippen molar-refractivity contribution in [3.63, 3.8) is 0 Å². The first-order chi connectivity index (χ1) is 7.52. The van der Waals surface area contributed by atoms with Crippen LogP contribution in [0.4, 0.5) is 0 Å². The third-order valence-electron chi connectivity index (χ3n) is 2.68. The van der Waals surface area contributed by atoms with Crippen LogP contribution in [0.1, 0.15) is 27.2 Å². The van der Waals surface area contributed by atoms with Crippen molar-refractivity contribution in [2.75, 3.05) is 34.0 Å². The number of Topliss-reactive ketones (excluding diaryl/α,β-unsaturated/α-hetero) is 1. The summed E-state index contributed by atoms with van der Waals surface area (Å²) in [5.74, 6) is 0.222. The van der Waals surface area contributed by atoms with E-state index in [-0.39, 0.29) is 11.8 Å². The van der Waals surface area contributed by atoms with Gasteiger partial charge in [-0.25, -0.2) is 0 Å². The number of carbonyl (C=O) groups is 1. The molecule has 0 spiro atoms. The molecular formula is C12H25NO3. The van der Waals surface area contributed by atoms with Crippen LogP contribution in [0.25, 0.3) is 0 Å². The summed E-state index contributed by atoms with van der Waals surface area (Å²) in [6.07, 6.45) is 0.581. The average molecular weight is 231 g/mol. The summed E-state index contributed by atoms with van der Waals surface area (Å²) in [5, 5.41) is 0. The largest absolute Gasteiger partial charge is 0.383 e. The second-order valence-electron chi connectivity index (χ2n) is 4.29. The van der Waals surface area contributed by atoms with Crippen LogP contribution < -0.4 is 0 Å². The summed E-state index contributed by atoms with van der Waals surface area (Å²) in [7, 11) is 3.38. The van der Waals surface area contributed by atoms with Gasteiger partial charge in [-0.3, -0.25) is 9.69 Å². The summed E-state index contributed by atoms with van der Waals surface area (Å²) < 4.78 is 10.2. The number of methoxy groups -OCH3 is 2. The Balaban J connectivity index is 4.32. The van der Waals surface area contributed by atoms with Gasteiger partial charge in [0.1, 0.15) is 5.78 Å². The Labute approximate surface area is 98.9 Å². The average Bonchev–Trinajstić information content (AvgIpc) is 2.17. The maximum Gasteiger partial charge on any atom is 0.131 e. The van der Waals surface area contributed by atoms with Crippen molar-refractivity contribution in [1.82, 2.24) is 4.90 Å². The number of nitrogens with zero attached hydrogens (tertiary/aromatic N) is 1. The Hall–Kier alpha value is -0.450. The van der Waals surface area contributed by atoms with Crippen molar-refractivity contribution >= 4 is 5.78 Å². The quantitative estimate of drug-likeness (QED) is 0.600. The smallest absolute Gasteiger partial charge is 0.131 e. The molecule has 0 saturated heterocycles. The van der Waals surface area contributed by atoms with Crippen LogP contribution in [0.5, 0.6) is 0 Å². The first-order valence-corrected chi connectivity index (χ1v) is 5.76. The van der Waals surface area contributed by atoms with E-state index < -0.39 is 0 Å². The zero-order valence-electron chi connectivity index (χ0n) is 11.2. The van der Waals surface area contributed by atoms with E-state index in [0.29, 0.717) is 25.7 Å². The van der Waals surface area contributed by atoms with Crippen molar-refractivity contribution in [3.05, 3.63) is 0 Å². The highest BCUT2D eigenvalue weighted by Gasteiger charge is 2.20. The summed E-state index contributed by atoms with van der Waals surface area (Å²) in [4.78, 5) is 13.4. The van der Waals surface area contributed by atoms with Crippen molar-refractivity contribution in [2.45, 2.75) is 39.3 Å². The van der Waals surface area contributed by atoms with Gasteiger partial charge in [0, 0.05) is 39.3 Å². The van der Waals surface area contributed by atoms with Gasteiger partial charge in [0.25, 0.3) is 0 Å². The lowest BCUT2D eigenvalue weighted by molar-refractivity contribution is -0.118. The van der Waals surface area contributed by atoms with Gasteiger partial charge in [-0.05, 0) is 20.8 Å². The minimum Gasteiger partial charge on any atom is -0.383 e. The van der Waals surface area contributed by atoms with Crippen molar-refractivity contribution in [3.8, 4) is 0 Å². The third-order valence-corrected chi connectivity index (χ3v) is 2.68. The van der Waals surface area contributed by atoms with Crippen molar-refractivity contribution in [2.24, 2.45) is 0 Å². The van der Waals surface area contributed by atoms with E-state index in [0.717, 1.165) is 6.54 Å². The monoisotopic (exact) mass is 231 g/mol. The molecule has 0 aromatic heterocycles. The molecule has 0 aliphatic rings. The van der Waals surface area contributed by atoms with Gasteiger partial charge in [0.2, 0.25) is 0 Å². The molecule has 0 aromatic rings. The van der Waals surface area contributed by atoms with Gasteiger partial charge in [-0.1, -0.05) is 0 Å². The topological polar surface area (TPSA) is 38.8 Å². The fourth-order valence-electron chi connectivity index (χ4n) is 1.94. The lowest BCUT2D eigenvalue weighted by atomic mass is 10.1. The molecule has 0 saturated carbocycles. The zero-order chi connectivity index (χ0) is 12.6. The molecule has 0 fully saturated rings. The van der Waals surface area contributed by atoms with Crippen molar-refractivity contribution < 1.29 is 14.3 Å². The van der Waals surface area contributed by atoms with Crippen LogP contribution in [0.3, 0.4) is 0 Å². The fraction of sp³-hybridized carbons (Fsp3) is 0.917. The van der Waals surface area contributed by atoms with Crippen LogP contribution in [-0.4, -0.2) is 56.7 Å². The minimum atomic E-state index is 0.222. The van der Waals surface area contributed by atoms with E-state index in [1.54, 1.807) is 21.1 Å². The molecular weight excluding hydrogens is 206 g/mol. The zero-order valence-corrected chi connectivity index (χ0v) is 11.2. The van der Waals surface area contributed by atoms with Gasteiger partial charge in [-0.15, -0.1) is 0 Å². The number of rotatable bonds is 9. The number of hydrogen-bond acceptors (Lipinski definition) is 4. The van der Waals surface area contributed by atoms with Gasteiger partial charge < -0.3 is 9.47 Å². The molecule has 96 valence electrons.